The summed E-state index contributed by atoms with van der Waals surface area (Å²) in [6.45, 7) is 5.52. The van der Waals surface area contributed by atoms with E-state index in [9.17, 15) is 8.42 Å². The number of hydrogen-bond donors (Lipinski definition) is 0. The first-order valence-corrected chi connectivity index (χ1v) is 13.6. The summed E-state index contributed by atoms with van der Waals surface area (Å²) < 4.78 is 27.7. The van der Waals surface area contributed by atoms with Crippen molar-refractivity contribution < 1.29 is 8.42 Å². The van der Waals surface area contributed by atoms with Crippen molar-refractivity contribution >= 4 is 15.8 Å². The lowest BCUT2D eigenvalue weighted by molar-refractivity contribution is 0.187. The molecule has 6 nitrogen and oxygen atoms in total. The van der Waals surface area contributed by atoms with Gasteiger partial charge in [0.05, 0.1) is 4.90 Å². The van der Waals surface area contributed by atoms with Gasteiger partial charge in [-0.2, -0.15) is 4.31 Å². The lowest BCUT2D eigenvalue weighted by Gasteiger charge is -2.38. The lowest BCUT2D eigenvalue weighted by atomic mass is 10.1. The highest BCUT2D eigenvalue weighted by molar-refractivity contribution is 7.89. The number of piperazine rings is 1. The average molecular weight is 455 g/mol. The highest BCUT2D eigenvalue weighted by atomic mass is 32.2. The Morgan fingerprint density at radius 3 is 2.22 bits per heavy atom. The van der Waals surface area contributed by atoms with Crippen LogP contribution in [0.2, 0.25) is 0 Å². The molecule has 5 rings (SSSR count). The fraction of sp³-hybridized carbons (Fsp3) is 0.560. The standard InChI is InChI=1S/C25H34N4O2S/c30-32(31,29-13-4-1-5-14-29)24-10-6-7-21(19-24)22-11-12-25(26-20-22)28-17-15-27(16-18-28)23-8-2-3-9-23/h6-7,10-12,19-20,23H,1-5,8-9,13-18H2. The third-order valence-electron chi connectivity index (χ3n) is 7.35. The Balaban J connectivity index is 1.27. The summed E-state index contributed by atoms with van der Waals surface area (Å²) in [5.41, 5.74) is 1.85. The maximum Gasteiger partial charge on any atom is 0.243 e. The Hall–Kier alpha value is -1.96. The molecule has 0 unspecified atom stereocenters. The number of sulfonamides is 1. The molecule has 32 heavy (non-hydrogen) atoms. The van der Waals surface area contributed by atoms with E-state index in [1.54, 1.807) is 16.4 Å². The number of pyridine rings is 1. The molecular weight excluding hydrogens is 420 g/mol. The number of piperidine rings is 1. The van der Waals surface area contributed by atoms with Crippen LogP contribution in [-0.2, 0) is 10.0 Å². The first-order valence-electron chi connectivity index (χ1n) is 12.2. The van der Waals surface area contributed by atoms with Crippen LogP contribution < -0.4 is 4.90 Å². The molecule has 0 spiro atoms. The third kappa shape index (κ3) is 4.56. The second-order valence-corrected chi connectivity index (χ2v) is 11.3. The zero-order valence-corrected chi connectivity index (χ0v) is 19.6. The van der Waals surface area contributed by atoms with Crippen molar-refractivity contribution in [2.24, 2.45) is 0 Å². The molecule has 172 valence electrons. The Morgan fingerprint density at radius 1 is 0.781 bits per heavy atom. The van der Waals surface area contributed by atoms with Gasteiger partial charge in [0.2, 0.25) is 10.0 Å². The Morgan fingerprint density at radius 2 is 1.53 bits per heavy atom. The number of aromatic nitrogens is 1. The van der Waals surface area contributed by atoms with E-state index in [0.29, 0.717) is 18.0 Å². The van der Waals surface area contributed by atoms with Crippen LogP contribution in [0, 0.1) is 0 Å². The van der Waals surface area contributed by atoms with E-state index in [1.165, 1.54) is 25.7 Å². The molecule has 2 aromatic rings. The molecule has 3 fully saturated rings. The quantitative estimate of drug-likeness (QED) is 0.684. The van der Waals surface area contributed by atoms with E-state index in [4.69, 9.17) is 4.98 Å². The van der Waals surface area contributed by atoms with Crippen LogP contribution in [0.5, 0.6) is 0 Å². The summed E-state index contributed by atoms with van der Waals surface area (Å²) in [5, 5.41) is 0. The molecule has 7 heteroatoms. The van der Waals surface area contributed by atoms with Crippen LogP contribution in [0.25, 0.3) is 11.1 Å². The molecule has 0 bridgehead atoms. The van der Waals surface area contributed by atoms with Crippen LogP contribution >= 0.6 is 0 Å². The van der Waals surface area contributed by atoms with E-state index in [1.807, 2.05) is 18.3 Å². The van der Waals surface area contributed by atoms with Crippen LogP contribution in [-0.4, -0.2) is 67.9 Å². The van der Waals surface area contributed by atoms with Gasteiger partial charge in [-0.1, -0.05) is 31.4 Å². The molecule has 3 heterocycles. The van der Waals surface area contributed by atoms with Gasteiger partial charge in [0.25, 0.3) is 0 Å². The van der Waals surface area contributed by atoms with E-state index >= 15 is 0 Å². The molecule has 0 radical (unpaired) electrons. The van der Waals surface area contributed by atoms with Gasteiger partial charge in [-0.3, -0.25) is 4.90 Å². The summed E-state index contributed by atoms with van der Waals surface area (Å²) in [6.07, 6.45) is 10.4. The minimum Gasteiger partial charge on any atom is -0.354 e. The minimum atomic E-state index is -3.43. The van der Waals surface area contributed by atoms with Gasteiger partial charge in [-0.25, -0.2) is 13.4 Å². The molecule has 1 aliphatic carbocycles. The molecular formula is C25H34N4O2S. The summed E-state index contributed by atoms with van der Waals surface area (Å²) >= 11 is 0. The highest BCUT2D eigenvalue weighted by Crippen LogP contribution is 2.28. The summed E-state index contributed by atoms with van der Waals surface area (Å²) in [5.74, 6) is 1.01. The second-order valence-electron chi connectivity index (χ2n) is 9.36. The fourth-order valence-corrected chi connectivity index (χ4v) is 6.98. The topological polar surface area (TPSA) is 56.8 Å². The van der Waals surface area contributed by atoms with Crippen LogP contribution in [0.4, 0.5) is 5.82 Å². The predicted octanol–water partition coefficient (Wildman–Crippen LogP) is 3.99. The molecule has 0 amide bonds. The van der Waals surface area contributed by atoms with E-state index in [2.05, 4.69) is 21.9 Å². The molecule has 2 saturated heterocycles. The van der Waals surface area contributed by atoms with Gasteiger partial charge >= 0.3 is 0 Å². The molecule has 1 aromatic carbocycles. The van der Waals surface area contributed by atoms with Crippen LogP contribution in [0.1, 0.15) is 44.9 Å². The van der Waals surface area contributed by atoms with Crippen molar-refractivity contribution in [3.63, 3.8) is 0 Å². The molecule has 3 aliphatic rings. The van der Waals surface area contributed by atoms with Gasteiger partial charge < -0.3 is 4.90 Å². The minimum absolute atomic E-state index is 0.379. The van der Waals surface area contributed by atoms with Gasteiger partial charge in [-0.05, 0) is 55.5 Å². The Kier molecular flexibility index (Phi) is 6.49. The Bertz CT molecular complexity index is 1000. The largest absolute Gasteiger partial charge is 0.354 e. The summed E-state index contributed by atoms with van der Waals surface area (Å²) in [6, 6.07) is 12.2. The highest BCUT2D eigenvalue weighted by Gasteiger charge is 2.27. The summed E-state index contributed by atoms with van der Waals surface area (Å²) in [7, 11) is -3.43. The van der Waals surface area contributed by atoms with E-state index in [-0.39, 0.29) is 0 Å². The molecule has 2 aliphatic heterocycles. The van der Waals surface area contributed by atoms with E-state index in [0.717, 1.165) is 68.4 Å². The fourth-order valence-electron chi connectivity index (χ4n) is 5.42. The van der Waals surface area contributed by atoms with Gasteiger partial charge in [0.15, 0.2) is 0 Å². The average Bonchev–Trinajstić information content (AvgIpc) is 3.40. The number of nitrogens with zero attached hydrogens (tertiary/aromatic N) is 4. The maximum atomic E-state index is 13.1. The molecule has 1 saturated carbocycles. The Labute approximate surface area is 192 Å². The zero-order chi connectivity index (χ0) is 22.0. The van der Waals surface area contributed by atoms with Crippen molar-refractivity contribution in [1.29, 1.82) is 0 Å². The van der Waals surface area contributed by atoms with Gasteiger partial charge in [-0.15, -0.1) is 0 Å². The smallest absolute Gasteiger partial charge is 0.243 e. The van der Waals surface area contributed by atoms with Crippen molar-refractivity contribution in [1.82, 2.24) is 14.2 Å². The van der Waals surface area contributed by atoms with Crippen LogP contribution in [0.3, 0.4) is 0 Å². The SMILES string of the molecule is O=S(=O)(c1cccc(-c2ccc(N3CCN(C4CCCC4)CC3)nc2)c1)N1CCCCC1. The van der Waals surface area contributed by atoms with Crippen molar-refractivity contribution in [2.45, 2.75) is 55.9 Å². The van der Waals surface area contributed by atoms with E-state index < -0.39 is 10.0 Å². The number of benzene rings is 1. The molecule has 1 aromatic heterocycles. The predicted molar refractivity (Wildman–Crippen MR) is 128 cm³/mol. The van der Waals surface area contributed by atoms with Crippen molar-refractivity contribution in [3.8, 4) is 11.1 Å². The normalized spacial score (nSPS) is 21.8. The lowest BCUT2D eigenvalue weighted by Crippen LogP contribution is -2.49. The monoisotopic (exact) mass is 454 g/mol. The molecule has 0 atom stereocenters. The first kappa shape index (κ1) is 21.9. The third-order valence-corrected chi connectivity index (χ3v) is 9.24. The number of hydrogen-bond acceptors (Lipinski definition) is 5. The van der Waals surface area contributed by atoms with Gasteiger partial charge in [0.1, 0.15) is 5.82 Å². The number of anilines is 1. The first-order chi connectivity index (χ1) is 15.6. The van der Waals surface area contributed by atoms with Crippen LogP contribution in [0.15, 0.2) is 47.5 Å². The maximum absolute atomic E-state index is 13.1. The van der Waals surface area contributed by atoms with Crippen molar-refractivity contribution in [3.05, 3.63) is 42.6 Å². The van der Waals surface area contributed by atoms with Gasteiger partial charge in [0, 0.05) is 57.1 Å². The zero-order valence-electron chi connectivity index (χ0n) is 18.8. The molecule has 0 N–H and O–H groups in total. The number of rotatable bonds is 5. The summed E-state index contributed by atoms with van der Waals surface area (Å²) in [4.78, 5) is 10.1. The second kappa shape index (κ2) is 9.49. The van der Waals surface area contributed by atoms with Crippen molar-refractivity contribution in [2.75, 3.05) is 44.2 Å².